The lowest BCUT2D eigenvalue weighted by Crippen LogP contribution is -1.92. The van der Waals surface area contributed by atoms with E-state index in [2.05, 4.69) is 9.97 Å². The molecule has 0 fully saturated rings. The van der Waals surface area contributed by atoms with Crippen molar-refractivity contribution >= 4 is 22.6 Å². The summed E-state index contributed by atoms with van der Waals surface area (Å²) in [6.45, 7) is 0. The van der Waals surface area contributed by atoms with Gasteiger partial charge in [0.05, 0.1) is 11.6 Å². The number of nitrogens with zero attached hydrogens (tertiary/aromatic N) is 2. The third-order valence-corrected chi connectivity index (χ3v) is 2.82. The Bertz CT molecular complexity index is 663. The molecule has 0 amide bonds. The quantitative estimate of drug-likeness (QED) is 0.646. The first-order chi connectivity index (χ1) is 8.38. The number of para-hydroxylation sites is 1. The second-order valence-electron chi connectivity index (χ2n) is 3.64. The fourth-order valence-corrected chi connectivity index (χ4v) is 1.92. The smallest absolute Gasteiger partial charge is 0.143 e. The van der Waals surface area contributed by atoms with Gasteiger partial charge in [-0.1, -0.05) is 18.2 Å². The van der Waals surface area contributed by atoms with Gasteiger partial charge in [-0.15, -0.1) is 11.6 Å². The number of rotatable bonds is 2. The number of alkyl halides is 1. The van der Waals surface area contributed by atoms with Crippen LogP contribution < -0.4 is 0 Å². The molecule has 0 aliphatic heterocycles. The van der Waals surface area contributed by atoms with E-state index in [1.54, 1.807) is 12.5 Å². The van der Waals surface area contributed by atoms with Crippen LogP contribution in [0.4, 0.5) is 0 Å². The molecule has 3 aromatic rings. The van der Waals surface area contributed by atoms with Gasteiger partial charge in [0.1, 0.15) is 17.7 Å². The van der Waals surface area contributed by atoms with Crippen LogP contribution in [-0.4, -0.2) is 9.97 Å². The average Bonchev–Trinajstić information content (AvgIpc) is 2.82. The van der Waals surface area contributed by atoms with Crippen LogP contribution in [0.3, 0.4) is 0 Å². The minimum absolute atomic E-state index is 0.309. The number of hydrogen-bond acceptors (Lipinski definition) is 3. The maximum Gasteiger partial charge on any atom is 0.143 e. The number of benzene rings is 1. The van der Waals surface area contributed by atoms with Crippen molar-refractivity contribution in [2.24, 2.45) is 0 Å². The normalized spacial score (nSPS) is 10.9. The van der Waals surface area contributed by atoms with Gasteiger partial charge in [-0.25, -0.2) is 9.97 Å². The van der Waals surface area contributed by atoms with Gasteiger partial charge in [-0.2, -0.15) is 0 Å². The first kappa shape index (κ1) is 10.3. The van der Waals surface area contributed by atoms with Crippen LogP contribution in [-0.2, 0) is 5.88 Å². The first-order valence-electron chi connectivity index (χ1n) is 5.23. The lowest BCUT2D eigenvalue weighted by Gasteiger charge is -1.99. The summed E-state index contributed by atoms with van der Waals surface area (Å²) in [6.07, 6.45) is 3.42. The van der Waals surface area contributed by atoms with Crippen LogP contribution in [0.15, 0.2) is 47.2 Å². The molecule has 3 rings (SSSR count). The monoisotopic (exact) mass is 244 g/mol. The molecule has 84 valence electrons. The van der Waals surface area contributed by atoms with Gasteiger partial charge in [0.15, 0.2) is 0 Å². The third-order valence-electron chi connectivity index (χ3n) is 2.58. The molecule has 0 aliphatic carbocycles. The largest absolute Gasteiger partial charge is 0.464 e. The third kappa shape index (κ3) is 1.78. The molecule has 3 nitrogen and oxygen atoms in total. The van der Waals surface area contributed by atoms with Gasteiger partial charge in [0, 0.05) is 17.1 Å². The van der Waals surface area contributed by atoms with E-state index in [0.29, 0.717) is 11.7 Å². The molecule has 0 saturated carbocycles. The van der Waals surface area contributed by atoms with Crippen LogP contribution in [0.2, 0.25) is 0 Å². The van der Waals surface area contributed by atoms with Crippen LogP contribution in [0.25, 0.3) is 22.2 Å². The summed E-state index contributed by atoms with van der Waals surface area (Å²) < 4.78 is 5.48. The highest BCUT2D eigenvalue weighted by Gasteiger charge is 2.09. The van der Waals surface area contributed by atoms with E-state index < -0.39 is 0 Å². The standard InChI is InChI=1S/C13H9ClN2O/c14-7-13-15-6-5-11(16-13)10-8-17-12-4-2-1-3-9(10)12/h1-6,8H,7H2. The van der Waals surface area contributed by atoms with Crippen molar-refractivity contribution in [3.05, 3.63) is 48.6 Å². The fraction of sp³-hybridized carbons (Fsp3) is 0.0769. The predicted molar refractivity (Wildman–Crippen MR) is 66.8 cm³/mol. The number of fused-ring (bicyclic) bond motifs is 1. The molecule has 0 spiro atoms. The molecule has 17 heavy (non-hydrogen) atoms. The van der Waals surface area contributed by atoms with Crippen molar-refractivity contribution in [3.8, 4) is 11.3 Å². The SMILES string of the molecule is ClCc1nccc(-c2coc3ccccc23)n1. The zero-order valence-electron chi connectivity index (χ0n) is 8.93. The maximum absolute atomic E-state index is 5.73. The number of aromatic nitrogens is 2. The molecule has 0 bridgehead atoms. The minimum Gasteiger partial charge on any atom is -0.464 e. The van der Waals surface area contributed by atoms with Gasteiger partial charge in [0.2, 0.25) is 0 Å². The molecule has 2 aromatic heterocycles. The van der Waals surface area contributed by atoms with E-state index in [1.165, 1.54) is 0 Å². The molecule has 0 N–H and O–H groups in total. The summed E-state index contributed by atoms with van der Waals surface area (Å²) >= 11 is 5.73. The zero-order chi connectivity index (χ0) is 11.7. The van der Waals surface area contributed by atoms with E-state index in [-0.39, 0.29) is 0 Å². The van der Waals surface area contributed by atoms with Crippen LogP contribution in [0.1, 0.15) is 5.82 Å². The van der Waals surface area contributed by atoms with Gasteiger partial charge in [-0.3, -0.25) is 0 Å². The Hall–Kier alpha value is -1.87. The highest BCUT2D eigenvalue weighted by molar-refractivity contribution is 6.16. The Labute approximate surface area is 103 Å². The number of furan rings is 1. The molecular weight excluding hydrogens is 236 g/mol. The molecular formula is C13H9ClN2O. The number of halogens is 1. The summed E-state index contributed by atoms with van der Waals surface area (Å²) in [5.74, 6) is 0.929. The van der Waals surface area contributed by atoms with Crippen molar-refractivity contribution in [2.45, 2.75) is 5.88 Å². The van der Waals surface area contributed by atoms with Gasteiger partial charge < -0.3 is 4.42 Å². The van der Waals surface area contributed by atoms with Gasteiger partial charge >= 0.3 is 0 Å². The topological polar surface area (TPSA) is 38.9 Å². The van der Waals surface area contributed by atoms with Crippen LogP contribution in [0.5, 0.6) is 0 Å². The van der Waals surface area contributed by atoms with Gasteiger partial charge in [-0.05, 0) is 12.1 Å². The summed E-state index contributed by atoms with van der Waals surface area (Å²) in [6, 6.07) is 9.72. The Morgan fingerprint density at radius 2 is 2.06 bits per heavy atom. The van der Waals surface area contributed by atoms with Crippen molar-refractivity contribution in [1.82, 2.24) is 9.97 Å². The fourth-order valence-electron chi connectivity index (χ4n) is 1.79. The summed E-state index contributed by atoms with van der Waals surface area (Å²) in [5.41, 5.74) is 2.66. The molecule has 0 unspecified atom stereocenters. The summed E-state index contributed by atoms with van der Waals surface area (Å²) in [5, 5.41) is 1.05. The van der Waals surface area contributed by atoms with Crippen LogP contribution in [0, 0.1) is 0 Å². The van der Waals surface area contributed by atoms with E-state index >= 15 is 0 Å². The Kier molecular flexibility index (Phi) is 2.53. The Balaban J connectivity index is 2.20. The predicted octanol–water partition coefficient (Wildman–Crippen LogP) is 3.63. The second-order valence-corrected chi connectivity index (χ2v) is 3.90. The second kappa shape index (κ2) is 4.18. The van der Waals surface area contributed by atoms with E-state index in [9.17, 15) is 0 Å². The molecule has 2 heterocycles. The Morgan fingerprint density at radius 1 is 1.18 bits per heavy atom. The molecule has 1 aromatic carbocycles. The van der Waals surface area contributed by atoms with Crippen LogP contribution >= 0.6 is 11.6 Å². The minimum atomic E-state index is 0.309. The first-order valence-corrected chi connectivity index (χ1v) is 5.76. The highest BCUT2D eigenvalue weighted by Crippen LogP contribution is 2.28. The Morgan fingerprint density at radius 3 is 2.94 bits per heavy atom. The molecule has 0 aliphatic rings. The molecule has 0 atom stereocenters. The van der Waals surface area contributed by atoms with E-state index in [0.717, 1.165) is 22.2 Å². The lowest BCUT2D eigenvalue weighted by molar-refractivity contribution is 0.616. The molecule has 4 heteroatoms. The van der Waals surface area contributed by atoms with Crippen molar-refractivity contribution < 1.29 is 4.42 Å². The highest BCUT2D eigenvalue weighted by atomic mass is 35.5. The maximum atomic E-state index is 5.73. The van der Waals surface area contributed by atoms with Crippen molar-refractivity contribution in [1.29, 1.82) is 0 Å². The zero-order valence-corrected chi connectivity index (χ0v) is 9.69. The summed E-state index contributed by atoms with van der Waals surface area (Å²) in [4.78, 5) is 8.45. The molecule has 0 saturated heterocycles. The van der Waals surface area contributed by atoms with E-state index in [1.807, 2.05) is 30.3 Å². The molecule has 0 radical (unpaired) electrons. The summed E-state index contributed by atoms with van der Waals surface area (Å²) in [7, 11) is 0. The lowest BCUT2D eigenvalue weighted by atomic mass is 10.1. The van der Waals surface area contributed by atoms with Crippen molar-refractivity contribution in [2.75, 3.05) is 0 Å². The number of hydrogen-bond donors (Lipinski definition) is 0. The van der Waals surface area contributed by atoms with Gasteiger partial charge in [0.25, 0.3) is 0 Å². The van der Waals surface area contributed by atoms with Crippen molar-refractivity contribution in [3.63, 3.8) is 0 Å². The average molecular weight is 245 g/mol. The van der Waals surface area contributed by atoms with E-state index in [4.69, 9.17) is 16.0 Å².